The van der Waals surface area contributed by atoms with E-state index in [0.29, 0.717) is 0 Å². The molecule has 13 nitrogen and oxygen atoms in total. The number of cyclic esters (lactones) is 2. The summed E-state index contributed by atoms with van der Waals surface area (Å²) in [5.41, 5.74) is 1.87. The first-order valence-electron chi connectivity index (χ1n) is 25.2. The number of ether oxygens (including phenoxy) is 4. The summed E-state index contributed by atoms with van der Waals surface area (Å²) in [6, 6.07) is 59.8. The minimum atomic E-state index is -2.78. The van der Waals surface area contributed by atoms with E-state index in [1.54, 1.807) is 13.8 Å². The third-order valence-electron chi connectivity index (χ3n) is 12.3. The highest BCUT2D eigenvalue weighted by Gasteiger charge is 2.53. The molecule has 7 rings (SSSR count). The highest BCUT2D eigenvalue weighted by molar-refractivity contribution is 7.00. The zero-order valence-electron chi connectivity index (χ0n) is 45.5. The van der Waals surface area contributed by atoms with Gasteiger partial charge in [-0.15, -0.1) is 0 Å². The summed E-state index contributed by atoms with van der Waals surface area (Å²) in [5, 5.41) is 22.3. The molecule has 5 atom stereocenters. The lowest BCUT2D eigenvalue weighted by molar-refractivity contribution is -0.191. The van der Waals surface area contributed by atoms with Crippen molar-refractivity contribution in [2.45, 2.75) is 130 Å². The van der Waals surface area contributed by atoms with Crippen molar-refractivity contribution in [1.29, 1.82) is 0 Å². The van der Waals surface area contributed by atoms with Gasteiger partial charge in [-0.2, -0.15) is 0 Å². The number of carbonyl (C=O) groups is 5. The lowest BCUT2D eigenvalue weighted by Crippen LogP contribution is -2.68. The molecule has 0 bridgehead atoms. The topological polar surface area (TPSA) is 181 Å². The maximum Gasteiger partial charge on any atom is 0.347 e. The quantitative estimate of drug-likeness (QED) is 0.0567. The molecule has 6 aromatic carbocycles. The van der Waals surface area contributed by atoms with E-state index in [4.69, 9.17) is 23.4 Å². The molecular weight excluding hydrogens is 997 g/mol. The summed E-state index contributed by atoms with van der Waals surface area (Å²) in [6.07, 6.45) is -4.09. The van der Waals surface area contributed by atoms with Crippen molar-refractivity contribution in [2.24, 2.45) is 0 Å². The first kappa shape index (κ1) is 61.5. The van der Waals surface area contributed by atoms with Crippen LogP contribution >= 0.6 is 0 Å². The minimum Gasteiger partial charge on any atom is -0.479 e. The predicted molar refractivity (Wildman–Crippen MR) is 299 cm³/mol. The molecule has 0 saturated carbocycles. The van der Waals surface area contributed by atoms with Gasteiger partial charge in [-0.25, -0.2) is 24.0 Å². The van der Waals surface area contributed by atoms with Gasteiger partial charge in [-0.05, 0) is 76.6 Å². The molecule has 0 amide bonds. The maximum atomic E-state index is 12.9. The Hall–Kier alpha value is -7.02. The number of hydrogen-bond donors (Lipinski definition) is 2. The molecule has 1 aliphatic rings. The lowest BCUT2D eigenvalue weighted by atomic mass is 10.2. The van der Waals surface area contributed by atoms with E-state index >= 15 is 0 Å². The highest BCUT2D eigenvalue weighted by Crippen LogP contribution is 2.39. The molecule has 1 heterocycles. The molecule has 1 aliphatic heterocycles. The molecule has 0 aromatic heterocycles. The van der Waals surface area contributed by atoms with E-state index in [1.807, 2.05) is 133 Å². The first-order valence-corrected chi connectivity index (χ1v) is 29.1. The van der Waals surface area contributed by atoms with Crippen molar-refractivity contribution in [3.8, 4) is 0 Å². The second-order valence-electron chi connectivity index (χ2n) is 20.2. The molecule has 1 saturated heterocycles. The number of carboxylic acid groups (broad SMARTS) is 1. The van der Waals surface area contributed by atoms with Gasteiger partial charge in [-0.1, -0.05) is 224 Å². The van der Waals surface area contributed by atoms with Crippen molar-refractivity contribution in [3.05, 3.63) is 193 Å². The number of carbonyl (C=O) groups excluding carboxylic acids is 4. The number of rotatable bonds is 15. The number of aliphatic hydroxyl groups is 1. The van der Waals surface area contributed by atoms with Crippen LogP contribution in [0.2, 0.25) is 10.1 Å². The number of aliphatic carboxylic acids is 1. The number of esters is 4. The summed E-state index contributed by atoms with van der Waals surface area (Å²) >= 11 is 0. The Bertz CT molecular complexity index is 2610. The minimum absolute atomic E-state index is 0.191. The average Bonchev–Trinajstić information content (AvgIpc) is 3.41. The molecule has 2 N–H and O–H groups in total. The Balaban J connectivity index is 0.000000238. The van der Waals surface area contributed by atoms with Gasteiger partial charge in [0.25, 0.3) is 16.6 Å². The molecule has 0 spiro atoms. The Morgan fingerprint density at radius 1 is 0.474 bits per heavy atom. The normalized spacial score (nSPS) is 15.6. The molecule has 0 unspecified atom stereocenters. The van der Waals surface area contributed by atoms with Crippen LogP contribution in [0.1, 0.15) is 87.3 Å². The molecular formula is C61H74O13Si2. The highest BCUT2D eigenvalue weighted by atomic mass is 28.4. The van der Waals surface area contributed by atoms with E-state index < -0.39 is 71.0 Å². The van der Waals surface area contributed by atoms with Gasteiger partial charge in [0.1, 0.15) is 31.5 Å². The van der Waals surface area contributed by atoms with Crippen LogP contribution < -0.4 is 20.7 Å². The van der Waals surface area contributed by atoms with E-state index in [0.717, 1.165) is 31.9 Å². The van der Waals surface area contributed by atoms with Crippen molar-refractivity contribution in [3.63, 3.8) is 0 Å². The van der Waals surface area contributed by atoms with Gasteiger partial charge in [0, 0.05) is 0 Å². The fourth-order valence-electron chi connectivity index (χ4n) is 8.34. The summed E-state index contributed by atoms with van der Waals surface area (Å²) in [5.74, 6) is -2.83. The van der Waals surface area contributed by atoms with Gasteiger partial charge in [0.15, 0.2) is 12.2 Å². The molecule has 76 heavy (non-hydrogen) atoms. The number of benzene rings is 6. The smallest absolute Gasteiger partial charge is 0.347 e. The van der Waals surface area contributed by atoms with Crippen LogP contribution in [0.15, 0.2) is 182 Å². The lowest BCUT2D eigenvalue weighted by Gasteiger charge is -2.44. The van der Waals surface area contributed by atoms with Gasteiger partial charge in [-0.3, -0.25) is 0 Å². The monoisotopic (exact) mass is 1070 g/mol. The summed E-state index contributed by atoms with van der Waals surface area (Å²) in [6.45, 7) is 21.2. The fraction of sp³-hybridized carbons (Fsp3) is 0.328. The van der Waals surface area contributed by atoms with E-state index in [-0.39, 0.29) is 29.3 Å². The van der Waals surface area contributed by atoms with Gasteiger partial charge < -0.3 is 38.0 Å². The van der Waals surface area contributed by atoms with Crippen LogP contribution in [0.3, 0.4) is 0 Å². The Kier molecular flexibility index (Phi) is 23.3. The second-order valence-corrected chi connectivity index (χ2v) is 28.7. The summed E-state index contributed by atoms with van der Waals surface area (Å²) < 4.78 is 32.7. The second kappa shape index (κ2) is 28.8. The summed E-state index contributed by atoms with van der Waals surface area (Å²) in [7, 11) is -5.54. The third-order valence-corrected chi connectivity index (χ3v) is 22.5. The zero-order chi connectivity index (χ0) is 56.1. The first-order chi connectivity index (χ1) is 35.9. The maximum absolute atomic E-state index is 12.9. The van der Waals surface area contributed by atoms with Crippen molar-refractivity contribution in [2.75, 3.05) is 0 Å². The largest absolute Gasteiger partial charge is 0.479 e. The molecule has 0 aliphatic carbocycles. The van der Waals surface area contributed by atoms with Crippen LogP contribution in [0.25, 0.3) is 0 Å². The Morgan fingerprint density at radius 2 is 0.737 bits per heavy atom. The van der Waals surface area contributed by atoms with Gasteiger partial charge in [0.05, 0.1) is 0 Å². The van der Waals surface area contributed by atoms with Crippen LogP contribution in [-0.4, -0.2) is 87.2 Å². The SMILES string of the molecule is C[C@@H]1OC(=O)[C@H](C)OC1=O.C[C@H](O)C(=O)OCc1ccccc1.C[C@H](O[Si](c1ccccc1)(c1ccccc1)C(C)(C)C)C(=O)O.C[C@H](O[Si](c1ccccc1)(c1ccccc1)C(C)(C)C)C(=O)OCc1ccccc1. The van der Waals surface area contributed by atoms with Gasteiger partial charge in [0.2, 0.25) is 0 Å². The third kappa shape index (κ3) is 17.0. The van der Waals surface area contributed by atoms with Crippen molar-refractivity contribution >= 4 is 67.2 Å². The number of aliphatic hydroxyl groups excluding tert-OH is 1. The Morgan fingerprint density at radius 3 is 1.00 bits per heavy atom. The van der Waals surface area contributed by atoms with E-state index in [2.05, 4.69) is 99.5 Å². The van der Waals surface area contributed by atoms with Crippen LogP contribution in [0.5, 0.6) is 0 Å². The molecule has 15 heteroatoms. The van der Waals surface area contributed by atoms with Gasteiger partial charge >= 0.3 is 29.8 Å². The number of carboxylic acids is 1. The molecule has 404 valence electrons. The van der Waals surface area contributed by atoms with E-state index in [1.165, 1.54) is 20.8 Å². The fourth-order valence-corrected chi connectivity index (χ4v) is 17.6. The van der Waals surface area contributed by atoms with Crippen molar-refractivity contribution in [1.82, 2.24) is 0 Å². The Labute approximate surface area is 450 Å². The van der Waals surface area contributed by atoms with E-state index in [9.17, 15) is 29.1 Å². The molecule has 6 aromatic rings. The van der Waals surface area contributed by atoms with Crippen molar-refractivity contribution < 1.29 is 62.0 Å². The standard InChI is InChI=1S/C26H30O3Si.C19H24O3Si.C10H12O3.C6H8O4/c1-21(25(27)28-20-22-14-8-5-9-15-22)29-30(26(2,3)4,23-16-10-6-11-17-23)24-18-12-7-13-19-24;1-15(18(20)21)22-23(19(2,3)4,16-11-7-5-8-12-16)17-13-9-6-10-14-17;1-8(11)10(12)13-7-9-5-3-2-4-6-9;1-3-5(7)10-4(2)6(8)9-3/h5-19,21H,20H2,1-4H3;5-15H,1-4H3,(H,20,21);2-6,8,11H,7H2,1H3;3-4H,1-2H3/t21-;15-;8-;3-,4-/m0000/s1. The van der Waals surface area contributed by atoms with Crippen LogP contribution in [-0.2, 0) is 65.0 Å². The molecule has 0 radical (unpaired) electrons. The van der Waals surface area contributed by atoms with Crippen LogP contribution in [0, 0.1) is 0 Å². The zero-order valence-corrected chi connectivity index (χ0v) is 47.5. The van der Waals surface area contributed by atoms with Crippen LogP contribution in [0.4, 0.5) is 0 Å². The predicted octanol–water partition coefficient (Wildman–Crippen LogP) is 8.71. The average molecular weight is 1070 g/mol. The molecule has 1 fully saturated rings. The summed E-state index contributed by atoms with van der Waals surface area (Å²) in [4.78, 5) is 56.5. The number of hydrogen-bond acceptors (Lipinski definition) is 12.